The average Bonchev–Trinajstić information content (AvgIpc) is 2.28. The first-order valence-electron chi connectivity index (χ1n) is 5.37. The fourth-order valence-electron chi connectivity index (χ4n) is 1.54. The lowest BCUT2D eigenvalue weighted by molar-refractivity contribution is -0.0140. The molecule has 0 saturated heterocycles. The molecular weight excluding hydrogens is 212 g/mol. The molecule has 0 amide bonds. The van der Waals surface area contributed by atoms with E-state index in [4.69, 9.17) is 5.73 Å². The summed E-state index contributed by atoms with van der Waals surface area (Å²) >= 11 is 0. The van der Waals surface area contributed by atoms with Crippen LogP contribution in [0, 0.1) is 0 Å². The summed E-state index contributed by atoms with van der Waals surface area (Å²) < 4.78 is 27.0. The van der Waals surface area contributed by atoms with Crippen LogP contribution in [0.5, 0.6) is 0 Å². The molecule has 3 N–H and O–H groups in total. The largest absolute Gasteiger partial charge is 0.387 e. The normalized spacial score (nSPS) is 13.8. The van der Waals surface area contributed by atoms with Crippen LogP contribution in [-0.4, -0.2) is 11.7 Å². The molecule has 1 unspecified atom stereocenters. The van der Waals surface area contributed by atoms with Crippen molar-refractivity contribution in [2.75, 3.05) is 6.54 Å². The number of hydrogen-bond acceptors (Lipinski definition) is 2. The van der Waals surface area contributed by atoms with E-state index in [1.165, 1.54) is 24.3 Å². The van der Waals surface area contributed by atoms with Gasteiger partial charge in [0.25, 0.3) is 5.92 Å². The summed E-state index contributed by atoms with van der Waals surface area (Å²) in [4.78, 5) is 0. The van der Waals surface area contributed by atoms with Gasteiger partial charge in [-0.3, -0.25) is 0 Å². The molecular formula is C12H17F2NO. The third-order valence-corrected chi connectivity index (χ3v) is 2.51. The van der Waals surface area contributed by atoms with Crippen molar-refractivity contribution in [2.24, 2.45) is 5.73 Å². The Morgan fingerprint density at radius 3 is 2.31 bits per heavy atom. The highest BCUT2D eigenvalue weighted by atomic mass is 19.3. The molecule has 2 nitrogen and oxygen atoms in total. The second-order valence-corrected chi connectivity index (χ2v) is 3.83. The Labute approximate surface area is 94.1 Å². The van der Waals surface area contributed by atoms with Gasteiger partial charge in [0.15, 0.2) is 0 Å². The Morgan fingerprint density at radius 1 is 1.31 bits per heavy atom. The number of nitrogens with two attached hydrogens (primary N) is 1. The molecule has 1 aromatic carbocycles. The summed E-state index contributed by atoms with van der Waals surface area (Å²) in [6, 6.07) is 5.70. The summed E-state index contributed by atoms with van der Waals surface area (Å²) in [5.41, 5.74) is 5.83. The molecule has 4 heteroatoms. The first-order valence-corrected chi connectivity index (χ1v) is 5.37. The molecule has 0 aliphatic rings. The van der Waals surface area contributed by atoms with Crippen molar-refractivity contribution >= 4 is 0 Å². The molecule has 0 fully saturated rings. The molecule has 1 rings (SSSR count). The minimum absolute atomic E-state index is 0.0117. The smallest absolute Gasteiger partial charge is 0.273 e. The molecule has 0 aliphatic heterocycles. The van der Waals surface area contributed by atoms with Gasteiger partial charge >= 0.3 is 0 Å². The van der Waals surface area contributed by atoms with E-state index in [2.05, 4.69) is 0 Å². The second kappa shape index (κ2) is 5.37. The number of aliphatic hydroxyl groups is 1. The highest BCUT2D eigenvalue weighted by Crippen LogP contribution is 2.33. The number of benzene rings is 1. The maximum absolute atomic E-state index is 13.5. The van der Waals surface area contributed by atoms with Gasteiger partial charge < -0.3 is 10.8 Å². The summed E-state index contributed by atoms with van der Waals surface area (Å²) in [5, 5.41) is 9.41. The van der Waals surface area contributed by atoms with Crippen LogP contribution in [0.4, 0.5) is 8.78 Å². The lowest BCUT2D eigenvalue weighted by Crippen LogP contribution is -2.14. The van der Waals surface area contributed by atoms with E-state index in [1.807, 2.05) is 0 Å². The fourth-order valence-corrected chi connectivity index (χ4v) is 1.54. The van der Waals surface area contributed by atoms with Crippen molar-refractivity contribution in [3.8, 4) is 0 Å². The number of hydrogen-bond donors (Lipinski definition) is 2. The third-order valence-electron chi connectivity index (χ3n) is 2.51. The molecule has 1 atom stereocenters. The first kappa shape index (κ1) is 13.1. The van der Waals surface area contributed by atoms with E-state index in [0.29, 0.717) is 12.0 Å². The number of halogens is 2. The van der Waals surface area contributed by atoms with Crippen LogP contribution in [0.2, 0.25) is 0 Å². The maximum Gasteiger partial charge on any atom is 0.273 e. The van der Waals surface area contributed by atoms with Crippen molar-refractivity contribution < 1.29 is 13.9 Å². The van der Waals surface area contributed by atoms with Crippen molar-refractivity contribution in [3.05, 3.63) is 35.4 Å². The van der Waals surface area contributed by atoms with E-state index in [-0.39, 0.29) is 18.5 Å². The number of alkyl halides is 2. The topological polar surface area (TPSA) is 46.2 Å². The van der Waals surface area contributed by atoms with Gasteiger partial charge in [0.05, 0.1) is 6.10 Å². The minimum atomic E-state index is -2.79. The van der Waals surface area contributed by atoms with Gasteiger partial charge in [-0.15, -0.1) is 0 Å². The predicted octanol–water partition coefficient (Wildman–Crippen LogP) is 2.57. The molecule has 0 spiro atoms. The quantitative estimate of drug-likeness (QED) is 0.815. The van der Waals surface area contributed by atoms with Crippen LogP contribution in [0.3, 0.4) is 0 Å². The Hall–Kier alpha value is -1.00. The zero-order chi connectivity index (χ0) is 12.2. The van der Waals surface area contributed by atoms with Crippen molar-refractivity contribution in [1.82, 2.24) is 0 Å². The Morgan fingerprint density at radius 2 is 1.88 bits per heavy atom. The molecule has 0 heterocycles. The van der Waals surface area contributed by atoms with Crippen LogP contribution >= 0.6 is 0 Å². The summed E-state index contributed by atoms with van der Waals surface area (Å²) in [5.74, 6) is -2.79. The maximum atomic E-state index is 13.5. The summed E-state index contributed by atoms with van der Waals surface area (Å²) in [7, 11) is 0. The molecule has 0 bridgehead atoms. The highest BCUT2D eigenvalue weighted by molar-refractivity contribution is 5.27. The van der Waals surface area contributed by atoms with Crippen LogP contribution in [0.25, 0.3) is 0 Å². The highest BCUT2D eigenvalue weighted by Gasteiger charge is 2.29. The second-order valence-electron chi connectivity index (χ2n) is 3.83. The van der Waals surface area contributed by atoms with Crippen LogP contribution in [0.15, 0.2) is 24.3 Å². The summed E-state index contributed by atoms with van der Waals surface area (Å²) in [6.45, 7) is 1.81. The van der Waals surface area contributed by atoms with Gasteiger partial charge in [0, 0.05) is 18.5 Å². The van der Waals surface area contributed by atoms with Crippen LogP contribution in [0.1, 0.15) is 37.0 Å². The minimum Gasteiger partial charge on any atom is -0.387 e. The van der Waals surface area contributed by atoms with E-state index in [1.54, 1.807) is 6.92 Å². The fraction of sp³-hybridized carbons (Fsp3) is 0.500. The van der Waals surface area contributed by atoms with Crippen molar-refractivity contribution in [3.63, 3.8) is 0 Å². The average molecular weight is 229 g/mol. The van der Waals surface area contributed by atoms with Crippen molar-refractivity contribution in [1.29, 1.82) is 0 Å². The zero-order valence-corrected chi connectivity index (χ0v) is 9.29. The van der Waals surface area contributed by atoms with Gasteiger partial charge in [-0.1, -0.05) is 37.6 Å². The Bertz CT molecular complexity index is 324. The number of rotatable bonds is 5. The van der Waals surface area contributed by atoms with Gasteiger partial charge in [-0.2, -0.15) is 0 Å². The van der Waals surface area contributed by atoms with Crippen LogP contribution in [-0.2, 0) is 5.92 Å². The van der Waals surface area contributed by atoms with E-state index in [9.17, 15) is 13.9 Å². The molecule has 1 aromatic rings. The molecule has 90 valence electrons. The van der Waals surface area contributed by atoms with Gasteiger partial charge in [-0.25, -0.2) is 8.78 Å². The molecule has 0 saturated carbocycles. The van der Waals surface area contributed by atoms with E-state index in [0.717, 1.165) is 0 Å². The third kappa shape index (κ3) is 3.00. The predicted molar refractivity (Wildman–Crippen MR) is 59.3 cm³/mol. The monoisotopic (exact) mass is 229 g/mol. The Balaban J connectivity index is 2.86. The lowest BCUT2D eigenvalue weighted by atomic mass is 10.0. The van der Waals surface area contributed by atoms with Gasteiger partial charge in [-0.05, 0) is 5.56 Å². The van der Waals surface area contributed by atoms with Crippen LogP contribution < -0.4 is 5.73 Å². The zero-order valence-electron chi connectivity index (χ0n) is 9.29. The summed E-state index contributed by atoms with van der Waals surface area (Å²) in [6.07, 6.45) is -0.514. The van der Waals surface area contributed by atoms with Gasteiger partial charge in [0.2, 0.25) is 0 Å². The van der Waals surface area contributed by atoms with E-state index >= 15 is 0 Å². The molecule has 0 aromatic heterocycles. The van der Waals surface area contributed by atoms with Gasteiger partial charge in [0.1, 0.15) is 0 Å². The molecule has 16 heavy (non-hydrogen) atoms. The standard InChI is InChI=1S/C12H17F2NO/c1-2-7-12(13,14)10-5-3-9(4-6-10)11(16)8-15/h3-6,11,16H,2,7-8,15H2,1H3. The van der Waals surface area contributed by atoms with E-state index < -0.39 is 12.0 Å². The SMILES string of the molecule is CCCC(F)(F)c1ccc(C(O)CN)cc1. The number of aliphatic hydroxyl groups excluding tert-OH is 1. The molecule has 0 aliphatic carbocycles. The molecule has 0 radical (unpaired) electrons. The first-order chi connectivity index (χ1) is 7.51. The lowest BCUT2D eigenvalue weighted by Gasteiger charge is -2.16. The van der Waals surface area contributed by atoms with Crippen molar-refractivity contribution in [2.45, 2.75) is 31.8 Å². The Kier molecular flexibility index (Phi) is 4.38.